The number of hydrogen-bond donors (Lipinski definition) is 1. The Labute approximate surface area is 116 Å². The van der Waals surface area contributed by atoms with E-state index in [9.17, 15) is 9.18 Å². The molecule has 0 radical (unpaired) electrons. The lowest BCUT2D eigenvalue weighted by atomic mass is 9.80. The second-order valence-electron chi connectivity index (χ2n) is 5.22. The summed E-state index contributed by atoms with van der Waals surface area (Å²) in [5.41, 5.74) is 2.19. The molecule has 1 aliphatic rings. The van der Waals surface area contributed by atoms with E-state index >= 15 is 0 Å². The molecule has 2 nitrogen and oxygen atoms in total. The number of carboxylic acids is 1. The highest BCUT2D eigenvalue weighted by atomic mass is 19.1. The van der Waals surface area contributed by atoms with Crippen molar-refractivity contribution in [2.24, 2.45) is 0 Å². The van der Waals surface area contributed by atoms with Crippen molar-refractivity contribution < 1.29 is 14.3 Å². The zero-order valence-corrected chi connectivity index (χ0v) is 11.0. The van der Waals surface area contributed by atoms with Crippen LogP contribution in [0.1, 0.15) is 41.1 Å². The molecule has 0 atom stereocenters. The molecule has 2 aromatic carbocycles. The van der Waals surface area contributed by atoms with Crippen molar-refractivity contribution in [2.75, 3.05) is 0 Å². The molecule has 2 aromatic rings. The highest BCUT2D eigenvalue weighted by Gasteiger charge is 2.20. The van der Waals surface area contributed by atoms with Crippen LogP contribution in [0.2, 0.25) is 0 Å². The average Bonchev–Trinajstić information content (AvgIpc) is 2.37. The van der Waals surface area contributed by atoms with Gasteiger partial charge < -0.3 is 5.11 Å². The normalized spacial score (nSPS) is 14.8. The Morgan fingerprint density at radius 1 is 1.10 bits per heavy atom. The summed E-state index contributed by atoms with van der Waals surface area (Å²) in [6.45, 7) is 0. The summed E-state index contributed by atoms with van der Waals surface area (Å²) in [7, 11) is 0. The topological polar surface area (TPSA) is 37.3 Å². The summed E-state index contributed by atoms with van der Waals surface area (Å²) in [4.78, 5) is 11.2. The van der Waals surface area contributed by atoms with Crippen molar-refractivity contribution in [3.63, 3.8) is 0 Å². The molecule has 0 spiro atoms. The zero-order chi connectivity index (χ0) is 14.1. The van der Waals surface area contributed by atoms with E-state index in [-0.39, 0.29) is 5.56 Å². The average molecular weight is 270 g/mol. The second-order valence-corrected chi connectivity index (χ2v) is 5.22. The van der Waals surface area contributed by atoms with E-state index in [2.05, 4.69) is 0 Å². The predicted molar refractivity (Wildman–Crippen MR) is 75.4 cm³/mol. The van der Waals surface area contributed by atoms with E-state index in [0.717, 1.165) is 5.56 Å². The van der Waals surface area contributed by atoms with Gasteiger partial charge in [-0.3, -0.25) is 0 Å². The summed E-state index contributed by atoms with van der Waals surface area (Å²) in [5.74, 6) is -1.30. The lowest BCUT2D eigenvalue weighted by Crippen LogP contribution is -2.08. The van der Waals surface area contributed by atoms with Crippen molar-refractivity contribution in [1.82, 2.24) is 0 Å². The minimum Gasteiger partial charge on any atom is -0.478 e. The van der Waals surface area contributed by atoms with E-state index in [4.69, 9.17) is 5.11 Å². The van der Waals surface area contributed by atoms with E-state index in [1.54, 1.807) is 6.07 Å². The van der Waals surface area contributed by atoms with Crippen LogP contribution in [0.15, 0.2) is 42.5 Å². The van der Waals surface area contributed by atoms with Crippen LogP contribution < -0.4 is 0 Å². The zero-order valence-electron chi connectivity index (χ0n) is 11.0. The van der Waals surface area contributed by atoms with Gasteiger partial charge in [0.2, 0.25) is 0 Å². The van der Waals surface area contributed by atoms with Crippen LogP contribution in [0.25, 0.3) is 11.1 Å². The second kappa shape index (κ2) is 5.08. The van der Waals surface area contributed by atoms with Crippen molar-refractivity contribution >= 4 is 5.97 Å². The van der Waals surface area contributed by atoms with E-state index in [1.165, 1.54) is 37.0 Å². The Hall–Kier alpha value is -2.16. The van der Waals surface area contributed by atoms with Crippen molar-refractivity contribution in [2.45, 2.75) is 25.2 Å². The number of carboxylic acid groups (broad SMARTS) is 1. The Kier molecular flexibility index (Phi) is 3.26. The predicted octanol–water partition coefficient (Wildman–Crippen LogP) is 4.46. The fourth-order valence-electron chi connectivity index (χ4n) is 2.66. The summed E-state index contributed by atoms with van der Waals surface area (Å²) >= 11 is 0. The number of halogens is 1. The minimum absolute atomic E-state index is 0.260. The Bertz CT molecular complexity index is 643. The molecule has 0 amide bonds. The molecule has 1 saturated carbocycles. The van der Waals surface area contributed by atoms with Crippen molar-refractivity contribution in [3.8, 4) is 11.1 Å². The van der Waals surface area contributed by atoms with Gasteiger partial charge in [0.25, 0.3) is 0 Å². The first-order valence-electron chi connectivity index (χ1n) is 6.79. The molecule has 1 aliphatic carbocycles. The highest BCUT2D eigenvalue weighted by Crippen LogP contribution is 2.37. The summed E-state index contributed by atoms with van der Waals surface area (Å²) in [6, 6.07) is 12.2. The first-order chi connectivity index (χ1) is 9.66. The van der Waals surface area contributed by atoms with Crippen LogP contribution in [0.5, 0.6) is 0 Å². The number of carbonyl (C=O) groups is 1. The molecule has 0 bridgehead atoms. The largest absolute Gasteiger partial charge is 0.478 e. The van der Waals surface area contributed by atoms with Gasteiger partial charge in [0.05, 0.1) is 0 Å². The molecule has 0 saturated heterocycles. The van der Waals surface area contributed by atoms with Crippen LogP contribution in [0.3, 0.4) is 0 Å². The minimum atomic E-state index is -1.24. The molecular weight excluding hydrogens is 255 g/mol. The molecule has 0 aliphatic heterocycles. The summed E-state index contributed by atoms with van der Waals surface area (Å²) < 4.78 is 13.7. The third-order valence-electron chi connectivity index (χ3n) is 4.03. The molecule has 0 heterocycles. The van der Waals surface area contributed by atoms with Gasteiger partial charge in [-0.15, -0.1) is 0 Å². The van der Waals surface area contributed by atoms with Crippen LogP contribution in [0.4, 0.5) is 4.39 Å². The van der Waals surface area contributed by atoms with Crippen molar-refractivity contribution in [1.29, 1.82) is 0 Å². The lowest BCUT2D eigenvalue weighted by molar-refractivity contribution is 0.0693. The monoisotopic (exact) mass is 270 g/mol. The number of aromatic carboxylic acids is 1. The lowest BCUT2D eigenvalue weighted by Gasteiger charge is -2.25. The van der Waals surface area contributed by atoms with Crippen LogP contribution >= 0.6 is 0 Å². The van der Waals surface area contributed by atoms with Gasteiger partial charge >= 0.3 is 5.97 Å². The first kappa shape index (κ1) is 12.9. The van der Waals surface area contributed by atoms with Gasteiger partial charge in [-0.2, -0.15) is 0 Å². The molecule has 3 rings (SSSR count). The number of rotatable bonds is 3. The molecule has 3 heteroatoms. The molecule has 1 N–H and O–H groups in total. The number of hydrogen-bond acceptors (Lipinski definition) is 1. The third-order valence-corrected chi connectivity index (χ3v) is 4.03. The van der Waals surface area contributed by atoms with E-state index in [0.29, 0.717) is 11.5 Å². The Balaban J connectivity index is 2.00. The Morgan fingerprint density at radius 3 is 2.35 bits per heavy atom. The van der Waals surface area contributed by atoms with E-state index < -0.39 is 11.8 Å². The first-order valence-corrected chi connectivity index (χ1v) is 6.79. The fraction of sp³-hybridized carbons (Fsp3) is 0.235. The van der Waals surface area contributed by atoms with Crippen molar-refractivity contribution in [3.05, 3.63) is 59.4 Å². The van der Waals surface area contributed by atoms with Crippen LogP contribution in [0, 0.1) is 5.82 Å². The van der Waals surface area contributed by atoms with Gasteiger partial charge in [-0.05, 0) is 41.5 Å². The van der Waals surface area contributed by atoms with Gasteiger partial charge in [0, 0.05) is 0 Å². The number of benzene rings is 2. The molecule has 20 heavy (non-hydrogen) atoms. The smallest absolute Gasteiger partial charge is 0.339 e. The summed E-state index contributed by atoms with van der Waals surface area (Å²) in [6.07, 6.45) is 3.72. The Morgan fingerprint density at radius 2 is 1.80 bits per heavy atom. The molecular formula is C17H15FO2. The molecule has 0 aromatic heterocycles. The van der Waals surface area contributed by atoms with Gasteiger partial charge in [0.15, 0.2) is 0 Å². The maximum absolute atomic E-state index is 13.7. The molecule has 102 valence electrons. The quantitative estimate of drug-likeness (QED) is 0.894. The van der Waals surface area contributed by atoms with Crippen LogP contribution in [-0.2, 0) is 0 Å². The fourth-order valence-corrected chi connectivity index (χ4v) is 2.66. The van der Waals surface area contributed by atoms with Crippen LogP contribution in [-0.4, -0.2) is 11.1 Å². The van der Waals surface area contributed by atoms with Gasteiger partial charge in [-0.1, -0.05) is 42.8 Å². The van der Waals surface area contributed by atoms with Gasteiger partial charge in [-0.25, -0.2) is 9.18 Å². The standard InChI is InChI=1S/C17H15FO2/c18-15-6-2-5-14(16(15)17(19)20)13-9-7-12(8-10-13)11-3-1-4-11/h2,5-11H,1,3-4H2,(H,19,20). The van der Waals surface area contributed by atoms with Gasteiger partial charge in [0.1, 0.15) is 11.4 Å². The summed E-state index contributed by atoms with van der Waals surface area (Å²) in [5, 5.41) is 9.16. The maximum atomic E-state index is 13.7. The van der Waals surface area contributed by atoms with E-state index in [1.807, 2.05) is 24.3 Å². The third kappa shape index (κ3) is 2.20. The SMILES string of the molecule is O=C(O)c1c(F)cccc1-c1ccc(C2CCC2)cc1. The highest BCUT2D eigenvalue weighted by molar-refractivity contribution is 5.96. The molecule has 1 fully saturated rings. The maximum Gasteiger partial charge on any atom is 0.339 e. The molecule has 0 unspecified atom stereocenters.